The average molecular weight is 212 g/mol. The molecule has 82 valence electrons. The lowest BCUT2D eigenvalue weighted by molar-refractivity contribution is 0.185. The number of allylic oxidation sites excluding steroid dienone is 1. The lowest BCUT2D eigenvalue weighted by Gasteiger charge is -2.09. The highest BCUT2D eigenvalue weighted by Gasteiger charge is 2.11. The second-order valence-electron chi connectivity index (χ2n) is 3.41. The summed E-state index contributed by atoms with van der Waals surface area (Å²) in [5.41, 5.74) is 1.30. The van der Waals surface area contributed by atoms with Gasteiger partial charge >= 0.3 is 0 Å². The van der Waals surface area contributed by atoms with Crippen LogP contribution in [0.1, 0.15) is 12.5 Å². The molecule has 0 fully saturated rings. The molecule has 0 bridgehead atoms. The molecule has 1 aromatic rings. The fraction of sp³-hybridized carbons (Fsp3) is 0.333. The van der Waals surface area contributed by atoms with Crippen LogP contribution in [0.5, 0.6) is 0 Å². The van der Waals surface area contributed by atoms with Crippen LogP contribution in [0.15, 0.2) is 41.5 Å². The number of alkyl halides is 2. The number of rotatable bonds is 4. The highest BCUT2D eigenvalue weighted by atomic mass is 19.3. The molecule has 1 aromatic carbocycles. The van der Waals surface area contributed by atoms with Crippen LogP contribution in [0.2, 0.25) is 0 Å². The quantitative estimate of drug-likeness (QED) is 0.761. The number of hydrogen-bond donors (Lipinski definition) is 1. The van der Waals surface area contributed by atoms with Gasteiger partial charge in [-0.05, 0) is 30.1 Å². The van der Waals surface area contributed by atoms with E-state index in [1.54, 1.807) is 0 Å². The lowest BCUT2D eigenvalue weighted by atomic mass is 10.0. The van der Waals surface area contributed by atoms with Gasteiger partial charge in [0.1, 0.15) is 0 Å². The van der Waals surface area contributed by atoms with E-state index in [1.165, 1.54) is 6.92 Å². The molecule has 15 heavy (non-hydrogen) atoms. The van der Waals surface area contributed by atoms with E-state index in [0.717, 1.165) is 5.56 Å². The Balaban J connectivity index is 2.83. The first kappa shape index (κ1) is 11.9. The van der Waals surface area contributed by atoms with Gasteiger partial charge in [0, 0.05) is 0 Å². The number of aliphatic hydroxyl groups is 1. The molecule has 0 aromatic heterocycles. The van der Waals surface area contributed by atoms with Gasteiger partial charge in [-0.25, -0.2) is 8.78 Å². The van der Waals surface area contributed by atoms with E-state index in [2.05, 4.69) is 0 Å². The number of aliphatic hydroxyl groups excluding tert-OH is 1. The van der Waals surface area contributed by atoms with E-state index in [0.29, 0.717) is 12.0 Å². The van der Waals surface area contributed by atoms with Crippen LogP contribution in [0.25, 0.3) is 0 Å². The Morgan fingerprint density at radius 3 is 2.33 bits per heavy atom. The van der Waals surface area contributed by atoms with Crippen LogP contribution in [-0.2, 0) is 6.42 Å². The zero-order chi connectivity index (χ0) is 11.3. The molecule has 1 nitrogen and oxygen atoms in total. The standard InChI is InChI=1S/C12H14F2O/c1-9(12(13)14)11(8-15)7-10-5-3-2-4-6-10/h2-6,12,15H,7-8H2,1H3/b11-9+. The van der Waals surface area contributed by atoms with Gasteiger partial charge < -0.3 is 5.11 Å². The molecule has 0 aliphatic rings. The molecular formula is C12H14F2O. The normalized spacial score (nSPS) is 12.9. The van der Waals surface area contributed by atoms with Gasteiger partial charge in [0.15, 0.2) is 0 Å². The number of benzene rings is 1. The van der Waals surface area contributed by atoms with E-state index in [-0.39, 0.29) is 12.2 Å². The molecule has 0 saturated carbocycles. The maximum atomic E-state index is 12.4. The van der Waals surface area contributed by atoms with E-state index in [1.807, 2.05) is 30.3 Å². The fourth-order valence-electron chi connectivity index (χ4n) is 1.32. The van der Waals surface area contributed by atoms with Gasteiger partial charge in [-0.15, -0.1) is 0 Å². The molecule has 0 atom stereocenters. The van der Waals surface area contributed by atoms with Crippen molar-refractivity contribution in [2.24, 2.45) is 0 Å². The van der Waals surface area contributed by atoms with Gasteiger partial charge in [0.2, 0.25) is 0 Å². The first-order chi connectivity index (χ1) is 7.15. The average Bonchev–Trinajstić information content (AvgIpc) is 2.26. The minimum Gasteiger partial charge on any atom is -0.392 e. The fourth-order valence-corrected chi connectivity index (χ4v) is 1.32. The van der Waals surface area contributed by atoms with Crippen LogP contribution in [0.4, 0.5) is 8.78 Å². The number of halogens is 2. The van der Waals surface area contributed by atoms with Crippen molar-refractivity contribution in [2.45, 2.75) is 19.8 Å². The van der Waals surface area contributed by atoms with Crippen LogP contribution in [-0.4, -0.2) is 18.1 Å². The molecule has 0 heterocycles. The minimum atomic E-state index is -2.49. The summed E-state index contributed by atoms with van der Waals surface area (Å²) in [5, 5.41) is 9.02. The molecule has 0 aliphatic carbocycles. The van der Waals surface area contributed by atoms with E-state index >= 15 is 0 Å². The Morgan fingerprint density at radius 1 is 1.27 bits per heavy atom. The Morgan fingerprint density at radius 2 is 1.87 bits per heavy atom. The van der Waals surface area contributed by atoms with Crippen molar-refractivity contribution >= 4 is 0 Å². The summed E-state index contributed by atoms with van der Waals surface area (Å²) < 4.78 is 24.8. The van der Waals surface area contributed by atoms with Gasteiger partial charge in [-0.2, -0.15) is 0 Å². The van der Waals surface area contributed by atoms with Gasteiger partial charge in [0.25, 0.3) is 6.43 Å². The molecule has 3 heteroatoms. The third kappa shape index (κ3) is 3.44. The smallest absolute Gasteiger partial charge is 0.259 e. The molecular weight excluding hydrogens is 198 g/mol. The summed E-state index contributed by atoms with van der Waals surface area (Å²) in [7, 11) is 0. The van der Waals surface area contributed by atoms with Crippen molar-refractivity contribution in [1.29, 1.82) is 0 Å². The zero-order valence-corrected chi connectivity index (χ0v) is 8.58. The SMILES string of the molecule is C/C(=C(\CO)Cc1ccccc1)C(F)F. The molecule has 0 radical (unpaired) electrons. The summed E-state index contributed by atoms with van der Waals surface area (Å²) in [6.45, 7) is 1.05. The second-order valence-corrected chi connectivity index (χ2v) is 3.41. The molecule has 0 unspecified atom stereocenters. The molecule has 0 spiro atoms. The maximum absolute atomic E-state index is 12.4. The van der Waals surface area contributed by atoms with Crippen LogP contribution < -0.4 is 0 Å². The Labute approximate surface area is 88.1 Å². The lowest BCUT2D eigenvalue weighted by Crippen LogP contribution is -2.05. The molecule has 0 saturated heterocycles. The van der Waals surface area contributed by atoms with Crippen LogP contribution in [0, 0.1) is 0 Å². The van der Waals surface area contributed by atoms with Crippen molar-refractivity contribution in [3.8, 4) is 0 Å². The highest BCUT2D eigenvalue weighted by Crippen LogP contribution is 2.17. The predicted molar refractivity (Wildman–Crippen MR) is 55.9 cm³/mol. The summed E-state index contributed by atoms with van der Waals surface area (Å²) in [5.74, 6) is 0. The summed E-state index contributed by atoms with van der Waals surface area (Å²) in [6.07, 6.45) is -2.11. The monoisotopic (exact) mass is 212 g/mol. The summed E-state index contributed by atoms with van der Waals surface area (Å²) in [4.78, 5) is 0. The third-order valence-electron chi connectivity index (χ3n) is 2.34. The molecule has 1 N–H and O–H groups in total. The van der Waals surface area contributed by atoms with Crippen LogP contribution in [0.3, 0.4) is 0 Å². The summed E-state index contributed by atoms with van der Waals surface area (Å²) >= 11 is 0. The largest absolute Gasteiger partial charge is 0.392 e. The van der Waals surface area contributed by atoms with Crippen molar-refractivity contribution < 1.29 is 13.9 Å². The van der Waals surface area contributed by atoms with Gasteiger partial charge in [0.05, 0.1) is 6.61 Å². The minimum absolute atomic E-state index is 0.0265. The topological polar surface area (TPSA) is 20.2 Å². The van der Waals surface area contributed by atoms with Crippen molar-refractivity contribution in [3.05, 3.63) is 47.0 Å². The van der Waals surface area contributed by atoms with Gasteiger partial charge in [-0.3, -0.25) is 0 Å². The molecule has 0 amide bonds. The Hall–Kier alpha value is -1.22. The van der Waals surface area contributed by atoms with E-state index < -0.39 is 6.43 Å². The first-order valence-corrected chi connectivity index (χ1v) is 4.76. The third-order valence-corrected chi connectivity index (χ3v) is 2.34. The summed E-state index contributed by atoms with van der Waals surface area (Å²) in [6, 6.07) is 9.28. The van der Waals surface area contributed by atoms with Crippen molar-refractivity contribution in [2.75, 3.05) is 6.61 Å². The molecule has 1 rings (SSSR count). The second kappa shape index (κ2) is 5.61. The van der Waals surface area contributed by atoms with Crippen molar-refractivity contribution in [1.82, 2.24) is 0 Å². The highest BCUT2D eigenvalue weighted by molar-refractivity contribution is 5.25. The Kier molecular flexibility index (Phi) is 4.43. The van der Waals surface area contributed by atoms with Gasteiger partial charge in [-0.1, -0.05) is 30.3 Å². The van der Waals surface area contributed by atoms with E-state index in [9.17, 15) is 8.78 Å². The number of hydrogen-bond acceptors (Lipinski definition) is 1. The maximum Gasteiger partial charge on any atom is 0.259 e. The predicted octanol–water partition coefficient (Wildman–Crippen LogP) is 2.80. The molecule has 0 aliphatic heterocycles. The van der Waals surface area contributed by atoms with E-state index in [4.69, 9.17) is 5.11 Å². The van der Waals surface area contributed by atoms with Crippen molar-refractivity contribution in [3.63, 3.8) is 0 Å². The Bertz CT molecular complexity index is 331. The van der Waals surface area contributed by atoms with Crippen LogP contribution >= 0.6 is 0 Å². The zero-order valence-electron chi connectivity index (χ0n) is 8.58. The first-order valence-electron chi connectivity index (χ1n) is 4.76.